The van der Waals surface area contributed by atoms with Gasteiger partial charge in [-0.05, 0) is 31.5 Å². The van der Waals surface area contributed by atoms with Crippen LogP contribution in [-0.2, 0) is 11.2 Å². The van der Waals surface area contributed by atoms with Crippen LogP contribution in [0.2, 0.25) is 0 Å². The van der Waals surface area contributed by atoms with E-state index >= 15 is 0 Å². The molecule has 0 bridgehead atoms. The first kappa shape index (κ1) is 15.6. The summed E-state index contributed by atoms with van der Waals surface area (Å²) in [5, 5.41) is 0. The Morgan fingerprint density at radius 2 is 2.14 bits per heavy atom. The summed E-state index contributed by atoms with van der Waals surface area (Å²) in [6.45, 7) is 6.03. The van der Waals surface area contributed by atoms with Crippen LogP contribution in [0.3, 0.4) is 0 Å². The van der Waals surface area contributed by atoms with E-state index in [0.29, 0.717) is 18.8 Å². The Morgan fingerprint density at radius 1 is 1.43 bits per heavy atom. The van der Waals surface area contributed by atoms with Crippen LogP contribution >= 0.6 is 15.9 Å². The summed E-state index contributed by atoms with van der Waals surface area (Å²) < 4.78 is 7.76. The number of imidazole rings is 1. The average Bonchev–Trinajstić information content (AvgIpc) is 2.79. The van der Waals surface area contributed by atoms with E-state index in [1.165, 1.54) is 0 Å². The topological polar surface area (TPSA) is 70.1 Å². The number of carbonyl (C=O) groups excluding carboxylic acids is 1. The highest BCUT2D eigenvalue weighted by molar-refractivity contribution is 9.10. The smallest absolute Gasteiger partial charge is 0.360 e. The summed E-state index contributed by atoms with van der Waals surface area (Å²) >= 11 is 3.51. The lowest BCUT2D eigenvalue weighted by Gasteiger charge is -2.10. The van der Waals surface area contributed by atoms with Crippen molar-refractivity contribution in [3.05, 3.63) is 39.8 Å². The standard InChI is InChI=1S/C15H18BrN3O2/c1-4-12-18-13(15(20)21-5-2)14(17)19(12)10-7-6-9(3)11(16)8-10/h6-8H,4-5,17H2,1-3H3. The van der Waals surface area contributed by atoms with Gasteiger partial charge in [0.15, 0.2) is 5.69 Å². The van der Waals surface area contributed by atoms with Crippen molar-refractivity contribution in [2.24, 2.45) is 0 Å². The number of rotatable bonds is 4. The molecule has 21 heavy (non-hydrogen) atoms. The summed E-state index contributed by atoms with van der Waals surface area (Å²) in [7, 11) is 0. The highest BCUT2D eigenvalue weighted by atomic mass is 79.9. The van der Waals surface area contributed by atoms with Gasteiger partial charge < -0.3 is 10.5 Å². The summed E-state index contributed by atoms with van der Waals surface area (Å²) in [5.41, 5.74) is 8.28. The van der Waals surface area contributed by atoms with E-state index in [9.17, 15) is 4.79 Å². The molecule has 6 heteroatoms. The molecule has 2 aromatic rings. The molecule has 2 rings (SSSR count). The number of aryl methyl sites for hydroxylation is 2. The van der Waals surface area contributed by atoms with Crippen LogP contribution in [0, 0.1) is 6.92 Å². The fourth-order valence-corrected chi connectivity index (χ4v) is 2.44. The average molecular weight is 352 g/mol. The molecule has 0 fully saturated rings. The molecule has 0 aliphatic rings. The third-order valence-electron chi connectivity index (χ3n) is 3.18. The molecule has 0 aliphatic carbocycles. The molecule has 0 saturated heterocycles. The molecule has 0 amide bonds. The second-order valence-electron chi connectivity index (χ2n) is 4.60. The van der Waals surface area contributed by atoms with Crippen LogP contribution < -0.4 is 5.73 Å². The van der Waals surface area contributed by atoms with Gasteiger partial charge in [-0.25, -0.2) is 9.78 Å². The predicted molar refractivity (Wildman–Crippen MR) is 85.7 cm³/mol. The third-order valence-corrected chi connectivity index (χ3v) is 4.04. The maximum absolute atomic E-state index is 11.9. The van der Waals surface area contributed by atoms with Crippen LogP contribution in [0.15, 0.2) is 22.7 Å². The van der Waals surface area contributed by atoms with E-state index in [2.05, 4.69) is 20.9 Å². The van der Waals surface area contributed by atoms with Crippen molar-refractivity contribution in [1.29, 1.82) is 0 Å². The van der Waals surface area contributed by atoms with E-state index in [4.69, 9.17) is 10.5 Å². The maximum Gasteiger partial charge on any atom is 0.360 e. The van der Waals surface area contributed by atoms with Gasteiger partial charge in [-0.2, -0.15) is 0 Å². The van der Waals surface area contributed by atoms with Gasteiger partial charge in [0.2, 0.25) is 0 Å². The molecule has 0 atom stereocenters. The number of halogens is 1. The minimum Gasteiger partial charge on any atom is -0.461 e. The molecule has 0 unspecified atom stereocenters. The molecule has 2 N–H and O–H groups in total. The number of ether oxygens (including phenoxy) is 1. The molecular weight excluding hydrogens is 334 g/mol. The van der Waals surface area contributed by atoms with Crippen molar-refractivity contribution in [3.63, 3.8) is 0 Å². The number of aromatic nitrogens is 2. The third kappa shape index (κ3) is 2.95. The lowest BCUT2D eigenvalue weighted by molar-refractivity contribution is 0.0521. The molecule has 1 aromatic carbocycles. The SMILES string of the molecule is CCOC(=O)c1nc(CC)n(-c2ccc(C)c(Br)c2)c1N. The lowest BCUT2D eigenvalue weighted by atomic mass is 10.2. The molecular formula is C15H18BrN3O2. The number of hydrogen-bond acceptors (Lipinski definition) is 4. The highest BCUT2D eigenvalue weighted by Crippen LogP contribution is 2.26. The van der Waals surface area contributed by atoms with Gasteiger partial charge >= 0.3 is 5.97 Å². The number of benzene rings is 1. The van der Waals surface area contributed by atoms with Crippen molar-refractivity contribution in [1.82, 2.24) is 9.55 Å². The second kappa shape index (κ2) is 6.30. The first-order valence-electron chi connectivity index (χ1n) is 6.80. The molecule has 5 nitrogen and oxygen atoms in total. The number of hydrogen-bond donors (Lipinski definition) is 1. The van der Waals surface area contributed by atoms with E-state index in [-0.39, 0.29) is 5.69 Å². The molecule has 0 spiro atoms. The van der Waals surface area contributed by atoms with E-state index in [0.717, 1.165) is 21.5 Å². The molecule has 0 aliphatic heterocycles. The normalized spacial score (nSPS) is 10.7. The Balaban J connectivity index is 2.57. The molecule has 1 heterocycles. The minimum absolute atomic E-state index is 0.172. The van der Waals surface area contributed by atoms with Crippen LogP contribution in [-0.4, -0.2) is 22.1 Å². The molecule has 0 radical (unpaired) electrons. The Labute approximate surface area is 132 Å². The summed E-state index contributed by atoms with van der Waals surface area (Å²) in [4.78, 5) is 16.2. The molecule has 0 saturated carbocycles. The fraction of sp³-hybridized carbons (Fsp3) is 0.333. The minimum atomic E-state index is -0.491. The molecule has 112 valence electrons. The number of nitrogens with two attached hydrogens (primary N) is 1. The van der Waals surface area contributed by atoms with Gasteiger partial charge in [-0.3, -0.25) is 4.57 Å². The highest BCUT2D eigenvalue weighted by Gasteiger charge is 2.21. The lowest BCUT2D eigenvalue weighted by Crippen LogP contribution is -2.09. The van der Waals surface area contributed by atoms with Gasteiger partial charge in [0.25, 0.3) is 0 Å². The number of carbonyl (C=O) groups is 1. The zero-order valence-electron chi connectivity index (χ0n) is 12.3. The Kier molecular flexibility index (Phi) is 4.67. The molecule has 1 aromatic heterocycles. The van der Waals surface area contributed by atoms with Gasteiger partial charge in [0.05, 0.1) is 6.61 Å². The Bertz CT molecular complexity index is 680. The number of nitrogen functional groups attached to an aromatic ring is 1. The zero-order valence-corrected chi connectivity index (χ0v) is 13.9. The van der Waals surface area contributed by atoms with Gasteiger partial charge in [-0.15, -0.1) is 0 Å². The zero-order chi connectivity index (χ0) is 15.6. The van der Waals surface area contributed by atoms with Crippen LogP contribution in [0.5, 0.6) is 0 Å². The van der Waals surface area contributed by atoms with E-state index < -0.39 is 5.97 Å². The van der Waals surface area contributed by atoms with Crippen molar-refractivity contribution >= 4 is 27.7 Å². The first-order chi connectivity index (χ1) is 9.99. The Morgan fingerprint density at radius 3 is 2.71 bits per heavy atom. The summed E-state index contributed by atoms with van der Waals surface area (Å²) in [5.74, 6) is 0.544. The van der Waals surface area contributed by atoms with Crippen LogP contribution in [0.1, 0.15) is 35.7 Å². The Hall–Kier alpha value is -1.82. The number of esters is 1. The van der Waals surface area contributed by atoms with E-state index in [1.54, 1.807) is 11.5 Å². The summed E-state index contributed by atoms with van der Waals surface area (Å²) in [6, 6.07) is 5.90. The van der Waals surface area contributed by atoms with Crippen molar-refractivity contribution in [2.45, 2.75) is 27.2 Å². The monoisotopic (exact) mass is 351 g/mol. The van der Waals surface area contributed by atoms with E-state index in [1.807, 2.05) is 32.0 Å². The summed E-state index contributed by atoms with van der Waals surface area (Å²) in [6.07, 6.45) is 0.662. The number of anilines is 1. The van der Waals surface area contributed by atoms with Gasteiger partial charge in [-0.1, -0.05) is 28.9 Å². The van der Waals surface area contributed by atoms with Gasteiger partial charge in [0, 0.05) is 16.6 Å². The van der Waals surface area contributed by atoms with Crippen molar-refractivity contribution in [2.75, 3.05) is 12.3 Å². The quantitative estimate of drug-likeness (QED) is 0.858. The number of nitrogens with zero attached hydrogens (tertiary/aromatic N) is 2. The van der Waals surface area contributed by atoms with Crippen molar-refractivity contribution in [3.8, 4) is 5.69 Å². The predicted octanol–water partition coefficient (Wildman–Crippen LogP) is 3.26. The van der Waals surface area contributed by atoms with Gasteiger partial charge in [0.1, 0.15) is 11.6 Å². The largest absolute Gasteiger partial charge is 0.461 e. The van der Waals surface area contributed by atoms with Crippen molar-refractivity contribution < 1.29 is 9.53 Å². The maximum atomic E-state index is 11.9. The first-order valence-corrected chi connectivity index (χ1v) is 7.59. The fourth-order valence-electron chi connectivity index (χ4n) is 2.08. The second-order valence-corrected chi connectivity index (χ2v) is 5.46. The van der Waals surface area contributed by atoms with Crippen LogP contribution in [0.4, 0.5) is 5.82 Å². The van der Waals surface area contributed by atoms with Crippen LogP contribution in [0.25, 0.3) is 5.69 Å².